The van der Waals surface area contributed by atoms with Crippen molar-refractivity contribution in [3.8, 4) is 17.2 Å². The number of carbonyl (C=O) groups is 4. The second kappa shape index (κ2) is 11.7. The minimum absolute atomic E-state index is 0.0523. The summed E-state index contributed by atoms with van der Waals surface area (Å²) in [6, 6.07) is 14.6. The number of benzene rings is 3. The van der Waals surface area contributed by atoms with Crippen LogP contribution in [0.4, 0.5) is 16.2 Å². The van der Waals surface area contributed by atoms with Crippen LogP contribution < -0.4 is 25.0 Å². The number of anilines is 2. The Labute approximate surface area is 228 Å². The number of carbonyl (C=O) groups excluding carboxylic acids is 4. The van der Waals surface area contributed by atoms with E-state index < -0.39 is 23.8 Å². The predicted octanol–water partition coefficient (Wildman–Crippen LogP) is 4.44. The third kappa shape index (κ3) is 6.36. The summed E-state index contributed by atoms with van der Waals surface area (Å²) in [5, 5.41) is 14.4. The number of nitrogens with zero attached hydrogens (tertiary/aromatic N) is 1. The van der Waals surface area contributed by atoms with Crippen LogP contribution in [0.25, 0.3) is 6.08 Å². The molecule has 10 nitrogen and oxygen atoms in total. The van der Waals surface area contributed by atoms with Gasteiger partial charge in [-0.05, 0) is 74.0 Å². The molecular weight excluding hydrogens is 526 g/mol. The van der Waals surface area contributed by atoms with E-state index in [0.29, 0.717) is 11.3 Å². The molecule has 3 aromatic rings. The first kappa shape index (κ1) is 27.2. The van der Waals surface area contributed by atoms with Gasteiger partial charge in [-0.15, -0.1) is 0 Å². The second-order valence-corrected chi connectivity index (χ2v) is 8.85. The molecule has 1 heterocycles. The molecule has 0 spiro atoms. The third-order valence-corrected chi connectivity index (χ3v) is 5.82. The summed E-state index contributed by atoms with van der Waals surface area (Å²) in [6.07, 6.45) is 1.26. The van der Waals surface area contributed by atoms with Crippen molar-refractivity contribution >= 4 is 52.8 Å². The molecule has 1 saturated heterocycles. The zero-order valence-electron chi connectivity index (χ0n) is 21.0. The van der Waals surface area contributed by atoms with Gasteiger partial charge in [0.2, 0.25) is 0 Å². The summed E-state index contributed by atoms with van der Waals surface area (Å²) in [7, 11) is 0. The molecule has 3 aromatic carbocycles. The van der Waals surface area contributed by atoms with Gasteiger partial charge >= 0.3 is 6.03 Å². The number of amides is 5. The molecule has 0 radical (unpaired) electrons. The first-order chi connectivity index (χ1) is 18.7. The maximum atomic E-state index is 13.1. The van der Waals surface area contributed by atoms with Gasteiger partial charge in [-0.2, -0.15) is 0 Å². The number of phenols is 1. The monoisotopic (exact) mass is 549 g/mol. The Morgan fingerprint density at radius 1 is 1.05 bits per heavy atom. The number of nitrogens with one attached hydrogen (secondary N) is 2. The van der Waals surface area contributed by atoms with E-state index in [1.54, 1.807) is 19.1 Å². The predicted molar refractivity (Wildman–Crippen MR) is 145 cm³/mol. The molecule has 200 valence electrons. The van der Waals surface area contributed by atoms with Gasteiger partial charge in [0.1, 0.15) is 11.3 Å². The van der Waals surface area contributed by atoms with E-state index >= 15 is 0 Å². The standard InChI is InChI=1S/C28H24ClN3O7/c1-3-38-23-14-17(13-22(29)25(23)39-15-24(34)30-18-6-4-16(2)5-7-18)12-21-26(35)31-28(37)32(27(21)36)19-8-10-20(33)11-9-19/h4-14,33H,3,15H2,1-2H3,(H,30,34)(H,31,35,37)/b21-12+. The summed E-state index contributed by atoms with van der Waals surface area (Å²) in [5.41, 5.74) is 1.82. The first-order valence-corrected chi connectivity index (χ1v) is 12.2. The molecule has 0 bridgehead atoms. The second-order valence-electron chi connectivity index (χ2n) is 8.44. The van der Waals surface area contributed by atoms with E-state index in [9.17, 15) is 24.3 Å². The molecule has 39 heavy (non-hydrogen) atoms. The van der Waals surface area contributed by atoms with Crippen LogP contribution in [0.3, 0.4) is 0 Å². The molecule has 1 aliphatic heterocycles. The number of phenolic OH excluding ortho intramolecular Hbond substituents is 1. The molecule has 0 aromatic heterocycles. The molecule has 0 unspecified atom stereocenters. The van der Waals surface area contributed by atoms with E-state index in [1.807, 2.05) is 19.1 Å². The van der Waals surface area contributed by atoms with Crippen LogP contribution in [0.5, 0.6) is 17.2 Å². The van der Waals surface area contributed by atoms with Crippen molar-refractivity contribution in [2.24, 2.45) is 0 Å². The summed E-state index contributed by atoms with van der Waals surface area (Å²) < 4.78 is 11.3. The Bertz CT molecular complexity index is 1470. The van der Waals surface area contributed by atoms with E-state index in [0.717, 1.165) is 10.5 Å². The van der Waals surface area contributed by atoms with Gasteiger partial charge in [0.15, 0.2) is 18.1 Å². The van der Waals surface area contributed by atoms with Crippen LogP contribution in [-0.4, -0.2) is 42.1 Å². The Hall–Kier alpha value is -4.83. The number of rotatable bonds is 8. The van der Waals surface area contributed by atoms with Crippen molar-refractivity contribution in [2.75, 3.05) is 23.4 Å². The molecule has 4 rings (SSSR count). The molecule has 3 N–H and O–H groups in total. The van der Waals surface area contributed by atoms with Crippen LogP contribution in [0.2, 0.25) is 5.02 Å². The lowest BCUT2D eigenvalue weighted by molar-refractivity contribution is -0.122. The van der Waals surface area contributed by atoms with E-state index in [2.05, 4.69) is 10.6 Å². The van der Waals surface area contributed by atoms with Gasteiger partial charge in [-0.1, -0.05) is 29.3 Å². The first-order valence-electron chi connectivity index (χ1n) is 11.8. The molecule has 0 saturated carbocycles. The Kier molecular flexibility index (Phi) is 8.16. The number of aryl methyl sites for hydroxylation is 1. The number of aromatic hydroxyl groups is 1. The van der Waals surface area contributed by atoms with Crippen molar-refractivity contribution < 1.29 is 33.8 Å². The van der Waals surface area contributed by atoms with E-state index in [1.165, 1.54) is 42.5 Å². The highest BCUT2D eigenvalue weighted by Crippen LogP contribution is 2.37. The largest absolute Gasteiger partial charge is 0.508 e. The number of hydrogen-bond donors (Lipinski definition) is 3. The quantitative estimate of drug-likeness (QED) is 0.279. The smallest absolute Gasteiger partial charge is 0.335 e. The van der Waals surface area contributed by atoms with Gasteiger partial charge < -0.3 is 19.9 Å². The van der Waals surface area contributed by atoms with Gasteiger partial charge in [-0.3, -0.25) is 19.7 Å². The highest BCUT2D eigenvalue weighted by molar-refractivity contribution is 6.39. The van der Waals surface area contributed by atoms with E-state index in [4.69, 9.17) is 21.1 Å². The van der Waals surface area contributed by atoms with Crippen molar-refractivity contribution in [1.29, 1.82) is 0 Å². The molecule has 1 aliphatic rings. The average molecular weight is 550 g/mol. The minimum atomic E-state index is -0.923. The fourth-order valence-corrected chi connectivity index (χ4v) is 3.98. The van der Waals surface area contributed by atoms with Gasteiger partial charge in [0.25, 0.3) is 17.7 Å². The minimum Gasteiger partial charge on any atom is -0.508 e. The van der Waals surface area contributed by atoms with Crippen molar-refractivity contribution in [1.82, 2.24) is 5.32 Å². The summed E-state index contributed by atoms with van der Waals surface area (Å²) >= 11 is 6.44. The Balaban J connectivity index is 1.57. The fraction of sp³-hybridized carbons (Fsp3) is 0.143. The zero-order chi connectivity index (χ0) is 28.1. The fourth-order valence-electron chi connectivity index (χ4n) is 3.71. The molecule has 1 fully saturated rings. The lowest BCUT2D eigenvalue weighted by Crippen LogP contribution is -2.54. The summed E-state index contributed by atoms with van der Waals surface area (Å²) in [5.74, 6) is -1.91. The lowest BCUT2D eigenvalue weighted by atomic mass is 10.1. The van der Waals surface area contributed by atoms with E-state index in [-0.39, 0.29) is 46.7 Å². The Morgan fingerprint density at radius 3 is 2.41 bits per heavy atom. The number of urea groups is 1. The van der Waals surface area contributed by atoms with Crippen LogP contribution in [0.15, 0.2) is 66.2 Å². The van der Waals surface area contributed by atoms with Crippen LogP contribution in [0, 0.1) is 6.92 Å². The normalized spacial score (nSPS) is 14.3. The molecule has 0 atom stereocenters. The SMILES string of the molecule is CCOc1cc(/C=C2\C(=O)NC(=O)N(c3ccc(O)cc3)C2=O)cc(Cl)c1OCC(=O)Nc1ccc(C)cc1. The van der Waals surface area contributed by atoms with Gasteiger partial charge in [0, 0.05) is 5.69 Å². The third-order valence-electron chi connectivity index (χ3n) is 5.54. The van der Waals surface area contributed by atoms with Crippen molar-refractivity contribution in [3.63, 3.8) is 0 Å². The molecule has 11 heteroatoms. The number of ether oxygens (including phenoxy) is 2. The van der Waals surface area contributed by atoms with Gasteiger partial charge in [0.05, 0.1) is 17.3 Å². The molecule has 0 aliphatic carbocycles. The zero-order valence-corrected chi connectivity index (χ0v) is 21.7. The lowest BCUT2D eigenvalue weighted by Gasteiger charge is -2.26. The summed E-state index contributed by atoms with van der Waals surface area (Å²) in [6.45, 7) is 3.57. The van der Waals surface area contributed by atoms with Crippen molar-refractivity contribution in [3.05, 3.63) is 82.4 Å². The maximum absolute atomic E-state index is 13.1. The number of hydrogen-bond acceptors (Lipinski definition) is 7. The number of barbiturate groups is 1. The Morgan fingerprint density at radius 2 is 1.74 bits per heavy atom. The average Bonchev–Trinajstić information content (AvgIpc) is 2.88. The maximum Gasteiger partial charge on any atom is 0.335 e. The number of halogens is 1. The van der Waals surface area contributed by atoms with Crippen LogP contribution in [0.1, 0.15) is 18.1 Å². The van der Waals surface area contributed by atoms with Crippen molar-refractivity contribution in [2.45, 2.75) is 13.8 Å². The topological polar surface area (TPSA) is 134 Å². The van der Waals surface area contributed by atoms with Crippen LogP contribution in [-0.2, 0) is 14.4 Å². The molecule has 5 amide bonds. The number of imide groups is 2. The van der Waals surface area contributed by atoms with Crippen LogP contribution >= 0.6 is 11.6 Å². The molecular formula is C28H24ClN3O7. The summed E-state index contributed by atoms with van der Waals surface area (Å²) in [4.78, 5) is 51.2. The highest BCUT2D eigenvalue weighted by atomic mass is 35.5. The van der Waals surface area contributed by atoms with Gasteiger partial charge in [-0.25, -0.2) is 9.69 Å². The highest BCUT2D eigenvalue weighted by Gasteiger charge is 2.37.